The molecule has 2 nitrogen and oxygen atoms in total. The third kappa shape index (κ3) is 7.50. The standard InChI is InChI=1S/C28H48O2/c1-20(2)11-8-12-21(3)13-9-14-22(4)15-10-17-28(7)18-16-25-24(6)27(29)23(5)19-26(25)30-28/h19-22,29H,8-18H2,1-7H3/t21-,22+,28-/m0/s1. The SMILES string of the molecule is Cc1cc2c(c(C)c1O)CC[C@](C)(CCC[C@H](C)CCC[C@@H](C)CCCC(C)C)O2. The summed E-state index contributed by atoms with van der Waals surface area (Å²) in [4.78, 5) is 0. The van der Waals surface area contributed by atoms with Crippen molar-refractivity contribution in [1.29, 1.82) is 0 Å². The van der Waals surface area contributed by atoms with Crippen molar-refractivity contribution < 1.29 is 9.84 Å². The molecule has 3 atom stereocenters. The summed E-state index contributed by atoms with van der Waals surface area (Å²) in [7, 11) is 0. The van der Waals surface area contributed by atoms with Gasteiger partial charge in [-0.25, -0.2) is 0 Å². The first kappa shape index (κ1) is 25.1. The number of aromatic hydroxyl groups is 1. The molecule has 0 radical (unpaired) electrons. The summed E-state index contributed by atoms with van der Waals surface area (Å²) in [6.45, 7) is 15.8. The molecule has 0 unspecified atom stereocenters. The lowest BCUT2D eigenvalue weighted by molar-refractivity contribution is 0.0520. The van der Waals surface area contributed by atoms with E-state index in [1.807, 2.05) is 19.9 Å². The fraction of sp³-hybridized carbons (Fsp3) is 0.786. The van der Waals surface area contributed by atoms with Crippen LogP contribution in [0.4, 0.5) is 0 Å². The summed E-state index contributed by atoms with van der Waals surface area (Å²) >= 11 is 0. The molecule has 1 aliphatic heterocycles. The number of aryl methyl sites for hydroxylation is 1. The smallest absolute Gasteiger partial charge is 0.124 e. The maximum atomic E-state index is 10.2. The molecule has 0 saturated carbocycles. The fourth-order valence-electron chi connectivity index (χ4n) is 5.06. The van der Waals surface area contributed by atoms with E-state index in [9.17, 15) is 5.11 Å². The van der Waals surface area contributed by atoms with E-state index in [1.165, 1.54) is 56.9 Å². The Morgan fingerprint density at radius 3 is 2.10 bits per heavy atom. The summed E-state index contributed by atoms with van der Waals surface area (Å²) < 4.78 is 6.47. The van der Waals surface area contributed by atoms with Gasteiger partial charge in [0.05, 0.1) is 0 Å². The molecule has 0 spiro atoms. The average molecular weight is 417 g/mol. The minimum absolute atomic E-state index is 0.0620. The third-order valence-electron chi connectivity index (χ3n) is 7.36. The quantitative estimate of drug-likeness (QED) is 0.370. The van der Waals surface area contributed by atoms with E-state index in [2.05, 4.69) is 34.6 Å². The maximum absolute atomic E-state index is 10.2. The van der Waals surface area contributed by atoms with Gasteiger partial charge in [-0.2, -0.15) is 0 Å². The number of benzene rings is 1. The van der Waals surface area contributed by atoms with Crippen molar-refractivity contribution in [2.75, 3.05) is 0 Å². The predicted molar refractivity (Wildman–Crippen MR) is 130 cm³/mol. The molecule has 1 N–H and O–H groups in total. The van der Waals surface area contributed by atoms with Crippen LogP contribution in [0.25, 0.3) is 0 Å². The molecule has 1 aromatic rings. The van der Waals surface area contributed by atoms with Gasteiger partial charge in [-0.3, -0.25) is 0 Å². The van der Waals surface area contributed by atoms with E-state index in [4.69, 9.17) is 4.74 Å². The number of hydrogen-bond donors (Lipinski definition) is 1. The first-order chi connectivity index (χ1) is 14.1. The van der Waals surface area contributed by atoms with E-state index in [1.54, 1.807) is 0 Å². The Morgan fingerprint density at radius 2 is 1.50 bits per heavy atom. The highest BCUT2D eigenvalue weighted by molar-refractivity contribution is 5.53. The monoisotopic (exact) mass is 416 g/mol. The van der Waals surface area contributed by atoms with E-state index in [-0.39, 0.29) is 5.60 Å². The highest BCUT2D eigenvalue weighted by Gasteiger charge is 2.32. The summed E-state index contributed by atoms with van der Waals surface area (Å²) in [6, 6.07) is 2.03. The first-order valence-corrected chi connectivity index (χ1v) is 12.6. The van der Waals surface area contributed by atoms with E-state index < -0.39 is 0 Å². The minimum Gasteiger partial charge on any atom is -0.507 e. The zero-order chi connectivity index (χ0) is 22.3. The van der Waals surface area contributed by atoms with Crippen LogP contribution < -0.4 is 4.74 Å². The highest BCUT2D eigenvalue weighted by atomic mass is 16.5. The second-order valence-corrected chi connectivity index (χ2v) is 11.1. The number of phenolic OH excluding ortho intramolecular Hbond substituents is 1. The largest absolute Gasteiger partial charge is 0.507 e. The fourth-order valence-corrected chi connectivity index (χ4v) is 5.06. The van der Waals surface area contributed by atoms with Crippen LogP contribution >= 0.6 is 0 Å². The lowest BCUT2D eigenvalue weighted by atomic mass is 9.85. The molecule has 1 aliphatic rings. The van der Waals surface area contributed by atoms with Crippen LogP contribution in [0.2, 0.25) is 0 Å². The molecule has 0 saturated heterocycles. The van der Waals surface area contributed by atoms with Crippen molar-refractivity contribution in [1.82, 2.24) is 0 Å². The third-order valence-corrected chi connectivity index (χ3v) is 7.36. The number of rotatable bonds is 12. The lowest BCUT2D eigenvalue weighted by Crippen LogP contribution is -2.36. The molecular formula is C28H48O2. The Labute approximate surface area is 186 Å². The van der Waals surface area contributed by atoms with Crippen LogP contribution in [0.5, 0.6) is 11.5 Å². The van der Waals surface area contributed by atoms with Gasteiger partial charge >= 0.3 is 0 Å². The molecule has 1 heterocycles. The number of ether oxygens (including phenoxy) is 1. The molecule has 30 heavy (non-hydrogen) atoms. The molecule has 0 fully saturated rings. The van der Waals surface area contributed by atoms with Gasteiger partial charge in [0, 0.05) is 5.56 Å². The van der Waals surface area contributed by atoms with Crippen molar-refractivity contribution in [3.05, 3.63) is 22.8 Å². The zero-order valence-electron chi connectivity index (χ0n) is 20.9. The average Bonchev–Trinajstić information content (AvgIpc) is 2.65. The number of hydrogen-bond acceptors (Lipinski definition) is 2. The topological polar surface area (TPSA) is 29.5 Å². The van der Waals surface area contributed by atoms with Crippen molar-refractivity contribution in [2.45, 2.75) is 125 Å². The molecule has 172 valence electrons. The van der Waals surface area contributed by atoms with E-state index >= 15 is 0 Å². The Balaban J connectivity index is 1.68. The van der Waals surface area contributed by atoms with Gasteiger partial charge in [0.1, 0.15) is 17.1 Å². The molecule has 0 amide bonds. The number of phenols is 1. The molecule has 1 aromatic carbocycles. The highest BCUT2D eigenvalue weighted by Crippen LogP contribution is 2.41. The van der Waals surface area contributed by atoms with Gasteiger partial charge < -0.3 is 9.84 Å². The molecule has 2 rings (SSSR count). The molecule has 0 aromatic heterocycles. The maximum Gasteiger partial charge on any atom is 0.124 e. The van der Waals surface area contributed by atoms with Gasteiger partial charge in [0.2, 0.25) is 0 Å². The Morgan fingerprint density at radius 1 is 0.933 bits per heavy atom. The van der Waals surface area contributed by atoms with Crippen molar-refractivity contribution >= 4 is 0 Å². The molecule has 2 heteroatoms. The second kappa shape index (κ2) is 11.4. The van der Waals surface area contributed by atoms with E-state index in [0.29, 0.717) is 5.75 Å². The molecule has 0 bridgehead atoms. The summed E-state index contributed by atoms with van der Waals surface area (Å²) in [5.74, 6) is 3.98. The van der Waals surface area contributed by atoms with Crippen LogP contribution in [0.15, 0.2) is 6.07 Å². The summed E-state index contributed by atoms with van der Waals surface area (Å²) in [5.41, 5.74) is 3.06. The van der Waals surface area contributed by atoms with Crippen molar-refractivity contribution in [2.24, 2.45) is 17.8 Å². The minimum atomic E-state index is -0.0620. The van der Waals surface area contributed by atoms with Crippen LogP contribution in [-0.4, -0.2) is 10.7 Å². The first-order valence-electron chi connectivity index (χ1n) is 12.6. The van der Waals surface area contributed by atoms with Gasteiger partial charge in [-0.1, -0.05) is 72.6 Å². The normalized spacial score (nSPS) is 20.7. The molecule has 0 aliphatic carbocycles. The van der Waals surface area contributed by atoms with Crippen LogP contribution in [0.1, 0.15) is 116 Å². The van der Waals surface area contributed by atoms with Gasteiger partial charge in [-0.15, -0.1) is 0 Å². The second-order valence-electron chi connectivity index (χ2n) is 11.1. The Kier molecular flexibility index (Phi) is 9.57. The van der Waals surface area contributed by atoms with Crippen molar-refractivity contribution in [3.8, 4) is 11.5 Å². The summed E-state index contributed by atoms with van der Waals surface area (Å²) in [5, 5.41) is 10.2. The van der Waals surface area contributed by atoms with Gasteiger partial charge in [-0.05, 0) is 81.4 Å². The Hall–Kier alpha value is -1.18. The predicted octanol–water partition coefficient (Wildman–Crippen LogP) is 8.53. The van der Waals surface area contributed by atoms with Crippen LogP contribution in [0.3, 0.4) is 0 Å². The van der Waals surface area contributed by atoms with Crippen LogP contribution in [-0.2, 0) is 6.42 Å². The summed E-state index contributed by atoms with van der Waals surface area (Å²) in [6.07, 6.45) is 14.1. The van der Waals surface area contributed by atoms with Crippen LogP contribution in [0, 0.1) is 31.6 Å². The zero-order valence-corrected chi connectivity index (χ0v) is 20.9. The van der Waals surface area contributed by atoms with Gasteiger partial charge in [0.25, 0.3) is 0 Å². The van der Waals surface area contributed by atoms with E-state index in [0.717, 1.165) is 53.9 Å². The number of fused-ring (bicyclic) bond motifs is 1. The molecular weight excluding hydrogens is 368 g/mol. The Bertz CT molecular complexity index is 663. The lowest BCUT2D eigenvalue weighted by Gasteiger charge is -2.37. The van der Waals surface area contributed by atoms with Gasteiger partial charge in [0.15, 0.2) is 0 Å². The van der Waals surface area contributed by atoms with Crippen molar-refractivity contribution in [3.63, 3.8) is 0 Å².